The van der Waals surface area contributed by atoms with Crippen LogP contribution in [-0.2, 0) is 14.0 Å². The van der Waals surface area contributed by atoms with Gasteiger partial charge in [0.25, 0.3) is 11.8 Å². The molecule has 2 aliphatic heterocycles. The predicted molar refractivity (Wildman–Crippen MR) is 149 cm³/mol. The molecule has 0 bridgehead atoms. The lowest BCUT2D eigenvalue weighted by atomic mass is 10.1. The van der Waals surface area contributed by atoms with E-state index in [0.717, 1.165) is 17.8 Å². The Kier molecular flexibility index (Phi) is 8.22. The molecule has 2 fully saturated rings. The standard InChI is InChI=1S/C26H33ClFN3O5SSi/c1-26(2,3)38(4,5)36-20-7-6-12-30(24(20)33)16-8-9-19(18(28)13-16)31-15-17(35-25(31)34)14-29-23(32)21-10-11-22(27)37-21/h8-11,13,17,20H,6-7,12,14-15H2,1-5H3,(H,29,32)/t17-,20?/m0/s1. The van der Waals surface area contributed by atoms with Crippen LogP contribution in [-0.4, -0.2) is 58.1 Å². The van der Waals surface area contributed by atoms with Crippen molar-refractivity contribution in [1.29, 1.82) is 0 Å². The molecular formula is C26H33ClFN3O5SSi. The maximum Gasteiger partial charge on any atom is 0.414 e. The molecule has 1 aromatic heterocycles. The summed E-state index contributed by atoms with van der Waals surface area (Å²) >= 11 is 7.02. The van der Waals surface area contributed by atoms with Crippen LogP contribution in [0.3, 0.4) is 0 Å². The number of amides is 3. The molecule has 2 saturated heterocycles. The third-order valence-electron chi connectivity index (χ3n) is 7.33. The molecule has 2 atom stereocenters. The van der Waals surface area contributed by atoms with Gasteiger partial charge in [0.2, 0.25) is 0 Å². The first-order valence-electron chi connectivity index (χ1n) is 12.6. The number of halogens is 2. The molecule has 4 rings (SSSR count). The molecule has 3 heterocycles. The van der Waals surface area contributed by atoms with Gasteiger partial charge in [-0.2, -0.15) is 0 Å². The summed E-state index contributed by atoms with van der Waals surface area (Å²) in [7, 11) is -2.16. The van der Waals surface area contributed by atoms with Crippen LogP contribution in [0.4, 0.5) is 20.6 Å². The highest BCUT2D eigenvalue weighted by molar-refractivity contribution is 7.18. The number of anilines is 2. The molecular weight excluding hydrogens is 549 g/mol. The molecule has 1 unspecified atom stereocenters. The van der Waals surface area contributed by atoms with Crippen molar-refractivity contribution in [2.75, 3.05) is 29.4 Å². The molecule has 2 aromatic rings. The van der Waals surface area contributed by atoms with Crippen LogP contribution in [0, 0.1) is 5.82 Å². The predicted octanol–water partition coefficient (Wildman–Crippen LogP) is 5.81. The van der Waals surface area contributed by atoms with Gasteiger partial charge in [-0.1, -0.05) is 32.4 Å². The highest BCUT2D eigenvalue weighted by atomic mass is 35.5. The second kappa shape index (κ2) is 11.0. The smallest absolute Gasteiger partial charge is 0.414 e. The van der Waals surface area contributed by atoms with Gasteiger partial charge in [0.05, 0.1) is 28.0 Å². The zero-order valence-corrected chi connectivity index (χ0v) is 24.7. The van der Waals surface area contributed by atoms with Gasteiger partial charge in [0.1, 0.15) is 18.0 Å². The van der Waals surface area contributed by atoms with E-state index in [4.69, 9.17) is 20.8 Å². The van der Waals surface area contributed by atoms with E-state index >= 15 is 4.39 Å². The van der Waals surface area contributed by atoms with Crippen molar-refractivity contribution in [2.24, 2.45) is 0 Å². The average Bonchev–Trinajstić information content (AvgIpc) is 3.43. The van der Waals surface area contributed by atoms with Crippen molar-refractivity contribution in [3.8, 4) is 0 Å². The van der Waals surface area contributed by atoms with Crippen molar-refractivity contribution in [2.45, 2.75) is 64.0 Å². The van der Waals surface area contributed by atoms with Crippen LogP contribution in [0.15, 0.2) is 30.3 Å². The molecule has 206 valence electrons. The van der Waals surface area contributed by atoms with Crippen LogP contribution < -0.4 is 15.1 Å². The van der Waals surface area contributed by atoms with E-state index in [-0.39, 0.29) is 35.6 Å². The second-order valence-electron chi connectivity index (χ2n) is 11.1. The number of benzene rings is 1. The van der Waals surface area contributed by atoms with Gasteiger partial charge in [-0.15, -0.1) is 11.3 Å². The van der Waals surface area contributed by atoms with E-state index in [1.807, 2.05) is 0 Å². The number of carbonyl (C=O) groups excluding carboxylic acids is 3. The number of hydrogen-bond acceptors (Lipinski definition) is 6. The van der Waals surface area contributed by atoms with Gasteiger partial charge < -0.3 is 19.4 Å². The second-order valence-corrected chi connectivity index (χ2v) is 17.5. The largest absolute Gasteiger partial charge is 0.442 e. The fourth-order valence-electron chi connectivity index (χ4n) is 4.18. The number of nitrogens with one attached hydrogen (secondary N) is 1. The minimum absolute atomic E-state index is 0.0357. The van der Waals surface area contributed by atoms with Crippen LogP contribution in [0.25, 0.3) is 0 Å². The van der Waals surface area contributed by atoms with E-state index in [9.17, 15) is 14.4 Å². The van der Waals surface area contributed by atoms with E-state index in [2.05, 4.69) is 39.2 Å². The zero-order chi connectivity index (χ0) is 27.8. The van der Waals surface area contributed by atoms with E-state index < -0.39 is 32.4 Å². The van der Waals surface area contributed by atoms with Gasteiger partial charge in [-0.3, -0.25) is 14.5 Å². The molecule has 38 heavy (non-hydrogen) atoms. The number of hydrogen-bond donors (Lipinski definition) is 1. The molecule has 1 N–H and O–H groups in total. The van der Waals surface area contributed by atoms with E-state index in [1.165, 1.54) is 17.0 Å². The lowest BCUT2D eigenvalue weighted by molar-refractivity contribution is -0.127. The first-order valence-corrected chi connectivity index (χ1v) is 16.7. The Morgan fingerprint density at radius 2 is 1.97 bits per heavy atom. The Bertz CT molecular complexity index is 1230. The summed E-state index contributed by atoms with van der Waals surface area (Å²) in [6.07, 6.45) is -0.510. The summed E-state index contributed by atoms with van der Waals surface area (Å²) in [5.74, 6) is -1.14. The first kappa shape index (κ1) is 28.5. The molecule has 0 aliphatic carbocycles. The number of thiophene rings is 1. The lowest BCUT2D eigenvalue weighted by Gasteiger charge is -2.41. The van der Waals surface area contributed by atoms with E-state index in [1.54, 1.807) is 23.1 Å². The Labute approximate surface area is 232 Å². The highest BCUT2D eigenvalue weighted by Crippen LogP contribution is 2.39. The maximum absolute atomic E-state index is 15.3. The monoisotopic (exact) mass is 581 g/mol. The fourth-order valence-corrected chi connectivity index (χ4v) is 6.42. The number of carbonyl (C=O) groups is 3. The average molecular weight is 582 g/mol. The molecule has 8 nitrogen and oxygen atoms in total. The molecule has 0 saturated carbocycles. The number of ether oxygens (including phenoxy) is 1. The minimum Gasteiger partial charge on any atom is -0.442 e. The van der Waals surface area contributed by atoms with Crippen LogP contribution in [0.1, 0.15) is 43.3 Å². The fraction of sp³-hybridized carbons (Fsp3) is 0.500. The summed E-state index contributed by atoms with van der Waals surface area (Å²) in [5.41, 5.74) is 0.474. The molecule has 2 aliphatic rings. The maximum atomic E-state index is 15.3. The Morgan fingerprint density at radius 3 is 2.61 bits per heavy atom. The number of nitrogens with zero attached hydrogens (tertiary/aromatic N) is 2. The van der Waals surface area contributed by atoms with Crippen molar-refractivity contribution in [1.82, 2.24) is 5.32 Å². The molecule has 3 amide bonds. The van der Waals surface area contributed by atoms with Crippen LogP contribution in [0.2, 0.25) is 22.5 Å². The van der Waals surface area contributed by atoms with Gasteiger partial charge >= 0.3 is 6.09 Å². The number of rotatable bonds is 7. The number of cyclic esters (lactones) is 1. The van der Waals surface area contributed by atoms with Gasteiger partial charge in [0, 0.05) is 12.2 Å². The highest BCUT2D eigenvalue weighted by Gasteiger charge is 2.43. The van der Waals surface area contributed by atoms with Gasteiger partial charge in [-0.25, -0.2) is 9.18 Å². The molecule has 0 spiro atoms. The van der Waals surface area contributed by atoms with Crippen molar-refractivity contribution < 1.29 is 27.9 Å². The van der Waals surface area contributed by atoms with Crippen LogP contribution >= 0.6 is 22.9 Å². The normalized spacial score (nSPS) is 20.6. The van der Waals surface area contributed by atoms with Gasteiger partial charge in [-0.05, 0) is 61.3 Å². The Hall–Kier alpha value is -2.47. The Morgan fingerprint density at radius 1 is 1.24 bits per heavy atom. The summed E-state index contributed by atoms with van der Waals surface area (Å²) in [6.45, 7) is 11.2. The minimum atomic E-state index is -2.16. The lowest BCUT2D eigenvalue weighted by Crippen LogP contribution is -2.52. The van der Waals surface area contributed by atoms with Crippen LogP contribution in [0.5, 0.6) is 0 Å². The van der Waals surface area contributed by atoms with Gasteiger partial charge in [0.15, 0.2) is 8.32 Å². The van der Waals surface area contributed by atoms with Crippen molar-refractivity contribution in [3.63, 3.8) is 0 Å². The third-order valence-corrected chi connectivity index (χ3v) is 13.0. The number of piperidine rings is 1. The quantitative estimate of drug-likeness (QED) is 0.417. The first-order chi connectivity index (χ1) is 17.8. The van der Waals surface area contributed by atoms with E-state index in [0.29, 0.717) is 27.9 Å². The summed E-state index contributed by atoms with van der Waals surface area (Å²) in [6, 6.07) is 7.62. The zero-order valence-electron chi connectivity index (χ0n) is 22.2. The van der Waals surface area contributed by atoms with Crippen molar-refractivity contribution >= 4 is 60.5 Å². The summed E-state index contributed by atoms with van der Waals surface area (Å²) < 4.78 is 27.5. The topological polar surface area (TPSA) is 88.2 Å². The third kappa shape index (κ3) is 6.06. The Balaban J connectivity index is 1.41. The molecule has 1 aromatic carbocycles. The summed E-state index contributed by atoms with van der Waals surface area (Å²) in [5, 5.41) is 2.67. The molecule has 0 radical (unpaired) electrons. The molecule has 12 heteroatoms. The van der Waals surface area contributed by atoms with Crippen molar-refractivity contribution in [3.05, 3.63) is 45.4 Å². The SMILES string of the molecule is CC(C)(C)[Si](C)(C)OC1CCCN(c2ccc(N3C[C@H](CNC(=O)c4ccc(Cl)s4)OC3=O)c(F)c2)C1=O. The summed E-state index contributed by atoms with van der Waals surface area (Å²) in [4.78, 5) is 41.2.